The minimum atomic E-state index is -0.836. The maximum absolute atomic E-state index is 11.2. The molecule has 0 saturated carbocycles. The Morgan fingerprint density at radius 2 is 1.47 bits per heavy atom. The van der Waals surface area contributed by atoms with Gasteiger partial charge < -0.3 is 10.4 Å². The van der Waals surface area contributed by atoms with E-state index in [1.807, 2.05) is 12.1 Å². The maximum atomic E-state index is 11.2. The summed E-state index contributed by atoms with van der Waals surface area (Å²) in [6, 6.07) is 5.92. The second kappa shape index (κ2) is 14.5. The molecular formula is C27H45NO2. The molecule has 3 nitrogen and oxygen atoms in total. The van der Waals surface area contributed by atoms with Crippen molar-refractivity contribution in [3.63, 3.8) is 0 Å². The van der Waals surface area contributed by atoms with Crippen LogP contribution < -0.4 is 5.32 Å². The number of rotatable bonds is 17. The first-order valence-corrected chi connectivity index (χ1v) is 12.7. The van der Waals surface area contributed by atoms with Crippen molar-refractivity contribution in [3.8, 4) is 0 Å². The molecule has 170 valence electrons. The molecule has 3 heteroatoms. The molecule has 2 rings (SSSR count). The Morgan fingerprint density at radius 3 is 2.00 bits per heavy atom. The lowest BCUT2D eigenvalue weighted by atomic mass is 9.92. The second-order valence-electron chi connectivity index (χ2n) is 9.49. The van der Waals surface area contributed by atoms with Gasteiger partial charge in [-0.1, -0.05) is 104 Å². The zero-order valence-corrected chi connectivity index (χ0v) is 19.6. The van der Waals surface area contributed by atoms with Gasteiger partial charge in [0.15, 0.2) is 0 Å². The monoisotopic (exact) mass is 415 g/mol. The summed E-state index contributed by atoms with van der Waals surface area (Å²) in [5.41, 5.74) is 2.68. The fraction of sp³-hybridized carbons (Fsp3) is 0.741. The Labute approximate surface area is 185 Å². The van der Waals surface area contributed by atoms with Crippen molar-refractivity contribution in [1.29, 1.82) is 0 Å². The van der Waals surface area contributed by atoms with Crippen LogP contribution in [-0.2, 0) is 6.42 Å². The topological polar surface area (TPSA) is 49.3 Å². The quantitative estimate of drug-likeness (QED) is 0.252. The second-order valence-corrected chi connectivity index (χ2v) is 9.49. The Hall–Kier alpha value is -1.51. The van der Waals surface area contributed by atoms with Crippen molar-refractivity contribution >= 4 is 11.7 Å². The fourth-order valence-electron chi connectivity index (χ4n) is 4.73. The Kier molecular flexibility index (Phi) is 12.0. The molecule has 1 aromatic rings. The molecule has 1 aliphatic heterocycles. The van der Waals surface area contributed by atoms with Crippen LogP contribution in [0.2, 0.25) is 0 Å². The summed E-state index contributed by atoms with van der Waals surface area (Å²) in [6.45, 7) is 4.62. The van der Waals surface area contributed by atoms with Crippen LogP contribution in [0.25, 0.3) is 0 Å². The number of benzene rings is 1. The fourth-order valence-corrected chi connectivity index (χ4v) is 4.73. The van der Waals surface area contributed by atoms with Gasteiger partial charge in [0.25, 0.3) is 0 Å². The molecule has 1 aromatic carbocycles. The van der Waals surface area contributed by atoms with E-state index in [4.69, 9.17) is 5.11 Å². The van der Waals surface area contributed by atoms with Crippen molar-refractivity contribution in [2.45, 2.75) is 123 Å². The van der Waals surface area contributed by atoms with Crippen molar-refractivity contribution in [1.82, 2.24) is 0 Å². The maximum Gasteiger partial charge on any atom is 0.335 e. The molecule has 0 bridgehead atoms. The molecular weight excluding hydrogens is 370 g/mol. The van der Waals surface area contributed by atoms with Crippen LogP contribution in [0.4, 0.5) is 5.69 Å². The van der Waals surface area contributed by atoms with E-state index >= 15 is 0 Å². The van der Waals surface area contributed by atoms with E-state index in [-0.39, 0.29) is 0 Å². The first-order valence-electron chi connectivity index (χ1n) is 12.7. The van der Waals surface area contributed by atoms with E-state index in [9.17, 15) is 4.79 Å². The smallest absolute Gasteiger partial charge is 0.335 e. The van der Waals surface area contributed by atoms with E-state index in [2.05, 4.69) is 19.2 Å². The molecule has 1 aliphatic rings. The molecule has 0 aromatic heterocycles. The first kappa shape index (κ1) is 24.8. The van der Waals surface area contributed by atoms with Gasteiger partial charge in [-0.15, -0.1) is 0 Å². The number of nitrogens with one attached hydrogen (secondary N) is 1. The van der Waals surface area contributed by atoms with Crippen LogP contribution in [0.1, 0.15) is 126 Å². The number of hydrogen-bond acceptors (Lipinski definition) is 2. The Bertz CT molecular complexity index is 613. The van der Waals surface area contributed by atoms with E-state index < -0.39 is 5.97 Å². The summed E-state index contributed by atoms with van der Waals surface area (Å²) in [5, 5.41) is 12.8. The molecule has 0 fully saturated rings. The van der Waals surface area contributed by atoms with Crippen LogP contribution in [0.3, 0.4) is 0 Å². The number of hydrogen-bond donors (Lipinski definition) is 2. The van der Waals surface area contributed by atoms with E-state index in [0.29, 0.717) is 17.5 Å². The van der Waals surface area contributed by atoms with Gasteiger partial charge in [-0.2, -0.15) is 0 Å². The third kappa shape index (κ3) is 9.10. The van der Waals surface area contributed by atoms with Gasteiger partial charge in [0, 0.05) is 11.7 Å². The summed E-state index contributed by atoms with van der Waals surface area (Å²) >= 11 is 0. The van der Waals surface area contributed by atoms with Gasteiger partial charge in [0.1, 0.15) is 0 Å². The van der Waals surface area contributed by atoms with Gasteiger partial charge in [-0.3, -0.25) is 0 Å². The van der Waals surface area contributed by atoms with Crippen LogP contribution in [-0.4, -0.2) is 17.1 Å². The lowest BCUT2D eigenvalue weighted by molar-refractivity contribution is 0.0697. The minimum absolute atomic E-state index is 0.399. The number of aromatic carboxylic acids is 1. The van der Waals surface area contributed by atoms with E-state index in [1.54, 1.807) is 6.07 Å². The number of anilines is 1. The highest BCUT2D eigenvalue weighted by atomic mass is 16.4. The molecule has 0 saturated heterocycles. The normalized spacial score (nSPS) is 16.3. The largest absolute Gasteiger partial charge is 0.478 e. The van der Waals surface area contributed by atoms with Crippen molar-refractivity contribution in [2.75, 3.05) is 5.32 Å². The summed E-state index contributed by atoms with van der Waals surface area (Å²) in [4.78, 5) is 11.2. The van der Waals surface area contributed by atoms with Crippen LogP contribution >= 0.6 is 0 Å². The molecule has 0 radical (unpaired) electrons. The summed E-state index contributed by atoms with van der Waals surface area (Å²) in [5.74, 6) is -0.209. The molecule has 0 spiro atoms. The number of carboxylic acid groups (broad SMARTS) is 1. The van der Waals surface area contributed by atoms with Crippen LogP contribution in [0.15, 0.2) is 18.2 Å². The number of unbranched alkanes of at least 4 members (excludes halogenated alkanes) is 13. The summed E-state index contributed by atoms with van der Waals surface area (Å²) < 4.78 is 0. The molecule has 2 atom stereocenters. The molecule has 0 amide bonds. The first-order chi connectivity index (χ1) is 14.6. The van der Waals surface area contributed by atoms with Gasteiger partial charge in [-0.25, -0.2) is 4.79 Å². The molecule has 1 heterocycles. The lowest BCUT2D eigenvalue weighted by Gasteiger charge is -2.20. The third-order valence-electron chi connectivity index (χ3n) is 6.83. The highest BCUT2D eigenvalue weighted by Crippen LogP contribution is 2.31. The SMILES string of the molecule is CCCCCCCCCCCCCCCC[C@@H](C)[C@H]1Cc2cc(C(=O)O)ccc2N1. The van der Waals surface area contributed by atoms with Gasteiger partial charge in [0.2, 0.25) is 0 Å². The highest BCUT2D eigenvalue weighted by Gasteiger charge is 2.25. The van der Waals surface area contributed by atoms with E-state index in [0.717, 1.165) is 17.7 Å². The molecule has 0 aliphatic carbocycles. The predicted molar refractivity (Wildman–Crippen MR) is 129 cm³/mol. The van der Waals surface area contributed by atoms with Crippen molar-refractivity contribution < 1.29 is 9.90 Å². The molecule has 30 heavy (non-hydrogen) atoms. The van der Waals surface area contributed by atoms with Crippen LogP contribution in [0, 0.1) is 5.92 Å². The summed E-state index contributed by atoms with van der Waals surface area (Å²) in [7, 11) is 0. The zero-order valence-electron chi connectivity index (χ0n) is 19.6. The minimum Gasteiger partial charge on any atom is -0.478 e. The lowest BCUT2D eigenvalue weighted by Crippen LogP contribution is -2.24. The van der Waals surface area contributed by atoms with Gasteiger partial charge in [0.05, 0.1) is 5.56 Å². The third-order valence-corrected chi connectivity index (χ3v) is 6.83. The molecule has 2 N–H and O–H groups in total. The standard InChI is InChI=1S/C27H45NO2/c1-3-4-5-6-7-8-9-10-11-12-13-14-15-16-17-22(2)26-21-24-20-23(27(29)30)18-19-25(24)28-26/h18-20,22,26,28H,3-17,21H2,1-2H3,(H,29,30)/t22-,26-/m1/s1. The number of carbonyl (C=O) groups is 1. The predicted octanol–water partition coefficient (Wildman–Crippen LogP) is 8.23. The summed E-state index contributed by atoms with van der Waals surface area (Å²) in [6.07, 6.45) is 21.9. The van der Waals surface area contributed by atoms with Gasteiger partial charge in [-0.05, 0) is 42.5 Å². The zero-order chi connectivity index (χ0) is 21.6. The van der Waals surface area contributed by atoms with Crippen molar-refractivity contribution in [3.05, 3.63) is 29.3 Å². The number of carboxylic acids is 1. The van der Waals surface area contributed by atoms with Gasteiger partial charge >= 0.3 is 5.97 Å². The highest BCUT2D eigenvalue weighted by molar-refractivity contribution is 5.88. The Morgan fingerprint density at radius 1 is 0.933 bits per heavy atom. The average molecular weight is 416 g/mol. The van der Waals surface area contributed by atoms with Crippen molar-refractivity contribution in [2.24, 2.45) is 5.92 Å². The average Bonchev–Trinajstić information content (AvgIpc) is 3.17. The van der Waals surface area contributed by atoms with Crippen LogP contribution in [0.5, 0.6) is 0 Å². The number of fused-ring (bicyclic) bond motifs is 1. The van der Waals surface area contributed by atoms with E-state index in [1.165, 1.54) is 96.3 Å². The Balaban J connectivity index is 1.44. The molecule has 0 unspecified atom stereocenters.